The summed E-state index contributed by atoms with van der Waals surface area (Å²) < 4.78 is 5.21. The van der Waals surface area contributed by atoms with Crippen LogP contribution in [-0.2, 0) is 14.3 Å². The molecule has 4 heteroatoms. The van der Waals surface area contributed by atoms with E-state index in [1.165, 1.54) is 0 Å². The Morgan fingerprint density at radius 2 is 2.07 bits per heavy atom. The number of hydrogen-bond acceptors (Lipinski definition) is 3. The minimum atomic E-state index is -1.11. The molecule has 0 aliphatic heterocycles. The zero-order valence-corrected chi connectivity index (χ0v) is 8.66. The Labute approximate surface area is 88.2 Å². The maximum atomic E-state index is 11.4. The van der Waals surface area contributed by atoms with Crippen LogP contribution in [0, 0.1) is 0 Å². The van der Waals surface area contributed by atoms with Crippen LogP contribution in [0.1, 0.15) is 26.2 Å². The average molecular weight is 210 g/mol. The zero-order valence-electron chi connectivity index (χ0n) is 8.66. The first-order chi connectivity index (χ1) is 6.99. The minimum absolute atomic E-state index is 0.0668. The van der Waals surface area contributed by atoms with Gasteiger partial charge >= 0.3 is 11.9 Å². The number of ether oxygens (including phenoxy) is 1. The third-order valence-electron chi connectivity index (χ3n) is 2.45. The van der Waals surface area contributed by atoms with Gasteiger partial charge in [-0.2, -0.15) is 0 Å². The lowest BCUT2D eigenvalue weighted by atomic mass is 10.2. The van der Waals surface area contributed by atoms with E-state index in [1.54, 1.807) is 0 Å². The normalized spacial score (nSPS) is 17.4. The van der Waals surface area contributed by atoms with Crippen molar-refractivity contribution in [1.82, 2.24) is 0 Å². The molecule has 0 aromatic carbocycles. The van der Waals surface area contributed by atoms with Gasteiger partial charge in [0, 0.05) is 6.08 Å². The molecule has 0 atom stereocenters. The molecule has 15 heavy (non-hydrogen) atoms. The smallest absolute Gasteiger partial charge is 0.338 e. The van der Waals surface area contributed by atoms with Gasteiger partial charge in [-0.05, 0) is 25.3 Å². The lowest BCUT2D eigenvalue weighted by Gasteiger charge is -2.13. The SMILES string of the molecule is C=C(C=CC(=O)O)C(=O)OC1(CC)CC1. The van der Waals surface area contributed by atoms with Gasteiger partial charge in [0.15, 0.2) is 0 Å². The quantitative estimate of drug-likeness (QED) is 0.426. The van der Waals surface area contributed by atoms with E-state index < -0.39 is 11.9 Å². The molecule has 1 N–H and O–H groups in total. The minimum Gasteiger partial charge on any atom is -0.478 e. The molecule has 1 fully saturated rings. The molecule has 0 saturated heterocycles. The summed E-state index contributed by atoms with van der Waals surface area (Å²) in [4.78, 5) is 21.6. The highest BCUT2D eigenvalue weighted by atomic mass is 16.6. The van der Waals surface area contributed by atoms with Crippen LogP contribution in [0.4, 0.5) is 0 Å². The van der Waals surface area contributed by atoms with Crippen molar-refractivity contribution in [2.75, 3.05) is 0 Å². The topological polar surface area (TPSA) is 63.6 Å². The van der Waals surface area contributed by atoms with E-state index in [4.69, 9.17) is 9.84 Å². The highest BCUT2D eigenvalue weighted by Gasteiger charge is 2.45. The second-order valence-corrected chi connectivity index (χ2v) is 3.62. The molecule has 0 radical (unpaired) electrons. The Kier molecular flexibility index (Phi) is 3.29. The first-order valence-electron chi connectivity index (χ1n) is 4.82. The lowest BCUT2D eigenvalue weighted by molar-refractivity contribution is -0.146. The van der Waals surface area contributed by atoms with Gasteiger partial charge in [-0.1, -0.05) is 13.5 Å². The van der Waals surface area contributed by atoms with Crippen LogP contribution >= 0.6 is 0 Å². The number of hydrogen-bond donors (Lipinski definition) is 1. The van der Waals surface area contributed by atoms with E-state index in [-0.39, 0.29) is 11.2 Å². The summed E-state index contributed by atoms with van der Waals surface area (Å²) in [6.45, 7) is 5.40. The Balaban J connectivity index is 2.47. The first kappa shape index (κ1) is 11.5. The molecule has 0 aromatic heterocycles. The van der Waals surface area contributed by atoms with Gasteiger partial charge in [0.1, 0.15) is 5.60 Å². The number of carboxylic acids is 1. The maximum absolute atomic E-state index is 11.4. The van der Waals surface area contributed by atoms with Gasteiger partial charge in [0.2, 0.25) is 0 Å². The van der Waals surface area contributed by atoms with Gasteiger partial charge in [-0.3, -0.25) is 0 Å². The molecule has 82 valence electrons. The summed E-state index contributed by atoms with van der Waals surface area (Å²) >= 11 is 0. The molecule has 1 aliphatic carbocycles. The van der Waals surface area contributed by atoms with E-state index in [1.807, 2.05) is 6.92 Å². The van der Waals surface area contributed by atoms with Crippen LogP contribution in [0.15, 0.2) is 24.3 Å². The molecule has 1 saturated carbocycles. The van der Waals surface area contributed by atoms with Gasteiger partial charge in [-0.15, -0.1) is 0 Å². The highest BCUT2D eigenvalue weighted by molar-refractivity contribution is 5.93. The second-order valence-electron chi connectivity index (χ2n) is 3.62. The average Bonchev–Trinajstić information content (AvgIpc) is 2.94. The predicted octanol–water partition coefficient (Wildman–Crippen LogP) is 1.67. The number of esters is 1. The third kappa shape index (κ3) is 3.23. The monoisotopic (exact) mass is 210 g/mol. The van der Waals surface area contributed by atoms with E-state index in [0.29, 0.717) is 0 Å². The van der Waals surface area contributed by atoms with Crippen molar-refractivity contribution >= 4 is 11.9 Å². The molecular weight excluding hydrogens is 196 g/mol. The Hall–Kier alpha value is -1.58. The van der Waals surface area contributed by atoms with Crippen LogP contribution in [0.25, 0.3) is 0 Å². The summed E-state index contributed by atoms with van der Waals surface area (Å²) in [5.74, 6) is -1.65. The van der Waals surface area contributed by atoms with E-state index in [9.17, 15) is 9.59 Å². The molecule has 0 unspecified atom stereocenters. The molecule has 1 aliphatic rings. The summed E-state index contributed by atoms with van der Waals surface area (Å²) in [5.41, 5.74) is -0.242. The Bertz CT molecular complexity index is 323. The van der Waals surface area contributed by atoms with Crippen LogP contribution in [0.3, 0.4) is 0 Å². The van der Waals surface area contributed by atoms with Crippen molar-refractivity contribution in [3.05, 3.63) is 24.3 Å². The largest absolute Gasteiger partial charge is 0.478 e. The maximum Gasteiger partial charge on any atom is 0.338 e. The molecule has 1 rings (SSSR count). The molecule has 4 nitrogen and oxygen atoms in total. The molecular formula is C11H14O4. The summed E-state index contributed by atoms with van der Waals surface area (Å²) in [6.07, 6.45) is 4.57. The molecule has 0 aromatic rings. The summed E-state index contributed by atoms with van der Waals surface area (Å²) in [7, 11) is 0. The van der Waals surface area contributed by atoms with Crippen molar-refractivity contribution < 1.29 is 19.4 Å². The van der Waals surface area contributed by atoms with Crippen molar-refractivity contribution in [1.29, 1.82) is 0 Å². The van der Waals surface area contributed by atoms with Crippen molar-refractivity contribution in [3.8, 4) is 0 Å². The van der Waals surface area contributed by atoms with E-state index in [0.717, 1.165) is 31.4 Å². The first-order valence-corrected chi connectivity index (χ1v) is 4.82. The number of carbonyl (C=O) groups is 2. The Morgan fingerprint density at radius 3 is 2.47 bits per heavy atom. The molecule has 0 amide bonds. The van der Waals surface area contributed by atoms with Crippen molar-refractivity contribution in [2.24, 2.45) is 0 Å². The van der Waals surface area contributed by atoms with E-state index >= 15 is 0 Å². The van der Waals surface area contributed by atoms with Crippen LogP contribution in [0.2, 0.25) is 0 Å². The summed E-state index contributed by atoms with van der Waals surface area (Å²) in [6, 6.07) is 0. The Morgan fingerprint density at radius 1 is 1.47 bits per heavy atom. The van der Waals surface area contributed by atoms with Crippen LogP contribution in [0.5, 0.6) is 0 Å². The number of aliphatic carboxylic acids is 1. The molecule has 0 bridgehead atoms. The fourth-order valence-electron chi connectivity index (χ4n) is 1.17. The fraction of sp³-hybridized carbons (Fsp3) is 0.455. The third-order valence-corrected chi connectivity index (χ3v) is 2.45. The van der Waals surface area contributed by atoms with Crippen LogP contribution in [-0.4, -0.2) is 22.6 Å². The van der Waals surface area contributed by atoms with Gasteiger partial charge in [-0.25, -0.2) is 9.59 Å². The van der Waals surface area contributed by atoms with Crippen molar-refractivity contribution in [3.63, 3.8) is 0 Å². The number of carboxylic acid groups (broad SMARTS) is 1. The number of carbonyl (C=O) groups excluding carboxylic acids is 1. The van der Waals surface area contributed by atoms with E-state index in [2.05, 4.69) is 6.58 Å². The lowest BCUT2D eigenvalue weighted by Crippen LogP contribution is -2.19. The molecule has 0 heterocycles. The van der Waals surface area contributed by atoms with Crippen LogP contribution < -0.4 is 0 Å². The van der Waals surface area contributed by atoms with Gasteiger partial charge in [0.25, 0.3) is 0 Å². The summed E-state index contributed by atoms with van der Waals surface area (Å²) in [5, 5.41) is 8.36. The fourth-order valence-corrected chi connectivity index (χ4v) is 1.17. The van der Waals surface area contributed by atoms with Crippen molar-refractivity contribution in [2.45, 2.75) is 31.8 Å². The van der Waals surface area contributed by atoms with Gasteiger partial charge < -0.3 is 9.84 Å². The predicted molar refractivity (Wildman–Crippen MR) is 54.3 cm³/mol. The second kappa shape index (κ2) is 4.29. The standard InChI is InChI=1S/C11H14O4/c1-3-11(6-7-11)15-10(14)8(2)4-5-9(12)13/h4-5H,2-3,6-7H2,1H3,(H,12,13). The zero-order chi connectivity index (χ0) is 11.5. The molecule has 0 spiro atoms. The number of rotatable bonds is 5. The van der Waals surface area contributed by atoms with Gasteiger partial charge in [0.05, 0.1) is 5.57 Å². The highest BCUT2D eigenvalue weighted by Crippen LogP contribution is 2.42.